The maximum atomic E-state index is 2.36. The van der Waals surface area contributed by atoms with Crippen LogP contribution in [0, 0.1) is 11.8 Å². The molecule has 0 saturated carbocycles. The lowest BCUT2D eigenvalue weighted by atomic mass is 9.87. The molecule has 1 aliphatic rings. The van der Waals surface area contributed by atoms with E-state index in [1.807, 2.05) is 0 Å². The van der Waals surface area contributed by atoms with Crippen molar-refractivity contribution in [3.05, 3.63) is 36.0 Å². The summed E-state index contributed by atoms with van der Waals surface area (Å²) < 4.78 is 0. The van der Waals surface area contributed by atoms with E-state index >= 15 is 0 Å². The number of hydrogen-bond acceptors (Lipinski definition) is 0. The summed E-state index contributed by atoms with van der Waals surface area (Å²) in [6, 6.07) is 0. The van der Waals surface area contributed by atoms with Crippen molar-refractivity contribution in [2.45, 2.75) is 27.2 Å². The van der Waals surface area contributed by atoms with E-state index < -0.39 is 0 Å². The standard InChI is InChI=1S/C12H18/c1-10(2)9-11(3)12-7-5-4-6-8-12/h4-7,9,11-12H,8H2,1-3H3. The molecule has 0 fully saturated rings. The quantitative estimate of drug-likeness (QED) is 0.543. The van der Waals surface area contributed by atoms with Crippen LogP contribution in [0.3, 0.4) is 0 Å². The van der Waals surface area contributed by atoms with Crippen molar-refractivity contribution in [3.63, 3.8) is 0 Å². The van der Waals surface area contributed by atoms with Gasteiger partial charge < -0.3 is 0 Å². The number of hydrogen-bond donors (Lipinski definition) is 0. The van der Waals surface area contributed by atoms with Gasteiger partial charge in [-0.05, 0) is 32.1 Å². The summed E-state index contributed by atoms with van der Waals surface area (Å²) in [6.45, 7) is 6.62. The molecular formula is C12H18. The van der Waals surface area contributed by atoms with E-state index in [4.69, 9.17) is 0 Å². The van der Waals surface area contributed by atoms with Gasteiger partial charge >= 0.3 is 0 Å². The molecule has 0 aromatic heterocycles. The molecule has 12 heavy (non-hydrogen) atoms. The molecule has 0 nitrogen and oxygen atoms in total. The van der Waals surface area contributed by atoms with Crippen LogP contribution in [0.15, 0.2) is 36.0 Å². The van der Waals surface area contributed by atoms with Crippen LogP contribution in [-0.2, 0) is 0 Å². The average Bonchev–Trinajstić information content (AvgIpc) is 2.05. The summed E-state index contributed by atoms with van der Waals surface area (Å²) in [5, 5.41) is 0. The Hall–Kier alpha value is -0.780. The molecule has 0 heteroatoms. The zero-order valence-electron chi connectivity index (χ0n) is 8.25. The molecule has 0 N–H and O–H groups in total. The highest BCUT2D eigenvalue weighted by Gasteiger charge is 2.11. The Bertz CT molecular complexity index is 214. The molecule has 0 saturated heterocycles. The molecule has 1 aliphatic carbocycles. The van der Waals surface area contributed by atoms with Crippen LogP contribution < -0.4 is 0 Å². The van der Waals surface area contributed by atoms with Gasteiger partial charge in [0.05, 0.1) is 0 Å². The van der Waals surface area contributed by atoms with E-state index in [-0.39, 0.29) is 0 Å². The fourth-order valence-electron chi connectivity index (χ4n) is 1.64. The molecule has 2 atom stereocenters. The summed E-state index contributed by atoms with van der Waals surface area (Å²) in [5.74, 6) is 1.39. The molecule has 0 aromatic carbocycles. The molecule has 1 rings (SSSR count). The van der Waals surface area contributed by atoms with Gasteiger partial charge in [-0.3, -0.25) is 0 Å². The van der Waals surface area contributed by atoms with Crippen LogP contribution in [-0.4, -0.2) is 0 Å². The van der Waals surface area contributed by atoms with Crippen molar-refractivity contribution < 1.29 is 0 Å². The maximum absolute atomic E-state index is 2.36. The van der Waals surface area contributed by atoms with E-state index in [0.717, 1.165) is 0 Å². The van der Waals surface area contributed by atoms with Crippen LogP contribution in [0.2, 0.25) is 0 Å². The molecular weight excluding hydrogens is 144 g/mol. The monoisotopic (exact) mass is 162 g/mol. The smallest absolute Gasteiger partial charge is 0.0135 e. The lowest BCUT2D eigenvalue weighted by Gasteiger charge is -2.18. The summed E-state index contributed by atoms with van der Waals surface area (Å²) >= 11 is 0. The molecule has 0 aliphatic heterocycles. The number of allylic oxidation sites excluding steroid dienone is 6. The highest BCUT2D eigenvalue weighted by Crippen LogP contribution is 2.22. The Morgan fingerprint density at radius 2 is 2.17 bits per heavy atom. The molecule has 66 valence electrons. The molecule has 0 heterocycles. The molecule has 0 aromatic rings. The van der Waals surface area contributed by atoms with Gasteiger partial charge in [-0.2, -0.15) is 0 Å². The third-order valence-corrected chi connectivity index (χ3v) is 2.29. The largest absolute Gasteiger partial charge is 0.0839 e. The molecule has 2 unspecified atom stereocenters. The Balaban J connectivity index is 2.53. The fourth-order valence-corrected chi connectivity index (χ4v) is 1.64. The van der Waals surface area contributed by atoms with Crippen molar-refractivity contribution >= 4 is 0 Å². The second-order valence-electron chi connectivity index (χ2n) is 3.82. The predicted molar refractivity (Wildman–Crippen MR) is 55.0 cm³/mol. The highest BCUT2D eigenvalue weighted by atomic mass is 14.2. The van der Waals surface area contributed by atoms with Gasteiger partial charge in [0.2, 0.25) is 0 Å². The minimum atomic E-state index is 0.677. The van der Waals surface area contributed by atoms with Gasteiger partial charge in [-0.15, -0.1) is 0 Å². The van der Waals surface area contributed by atoms with Crippen molar-refractivity contribution in [1.82, 2.24) is 0 Å². The van der Waals surface area contributed by atoms with Crippen LogP contribution >= 0.6 is 0 Å². The summed E-state index contributed by atoms with van der Waals surface area (Å²) in [6.07, 6.45) is 12.4. The Morgan fingerprint density at radius 3 is 2.67 bits per heavy atom. The first kappa shape index (κ1) is 9.31. The van der Waals surface area contributed by atoms with Crippen molar-refractivity contribution in [1.29, 1.82) is 0 Å². The molecule has 0 spiro atoms. The summed E-state index contributed by atoms with van der Waals surface area (Å²) in [7, 11) is 0. The van der Waals surface area contributed by atoms with E-state index in [9.17, 15) is 0 Å². The number of rotatable bonds is 2. The van der Waals surface area contributed by atoms with Crippen LogP contribution in [0.1, 0.15) is 27.2 Å². The van der Waals surface area contributed by atoms with Gasteiger partial charge in [-0.25, -0.2) is 0 Å². The van der Waals surface area contributed by atoms with Gasteiger partial charge in [-0.1, -0.05) is 42.9 Å². The minimum Gasteiger partial charge on any atom is -0.0839 e. The Labute approximate surface area is 75.7 Å². The zero-order valence-corrected chi connectivity index (χ0v) is 8.25. The zero-order chi connectivity index (χ0) is 8.97. The predicted octanol–water partition coefficient (Wildman–Crippen LogP) is 3.72. The SMILES string of the molecule is CC(C)=CC(C)C1C=CC=CC1. The van der Waals surface area contributed by atoms with E-state index in [0.29, 0.717) is 11.8 Å². The summed E-state index contributed by atoms with van der Waals surface area (Å²) in [4.78, 5) is 0. The average molecular weight is 162 g/mol. The first-order chi connectivity index (χ1) is 5.70. The van der Waals surface area contributed by atoms with Gasteiger partial charge in [0.25, 0.3) is 0 Å². The molecule has 0 amide bonds. The van der Waals surface area contributed by atoms with E-state index in [2.05, 4.69) is 51.2 Å². The molecule has 0 radical (unpaired) electrons. The van der Waals surface area contributed by atoms with Gasteiger partial charge in [0, 0.05) is 0 Å². The Kier molecular flexibility index (Phi) is 3.33. The molecule has 0 bridgehead atoms. The lowest BCUT2D eigenvalue weighted by molar-refractivity contribution is 0.512. The van der Waals surface area contributed by atoms with Crippen LogP contribution in [0.4, 0.5) is 0 Å². The highest BCUT2D eigenvalue weighted by molar-refractivity contribution is 5.14. The van der Waals surface area contributed by atoms with Crippen molar-refractivity contribution in [3.8, 4) is 0 Å². The van der Waals surface area contributed by atoms with Crippen LogP contribution in [0.25, 0.3) is 0 Å². The lowest BCUT2D eigenvalue weighted by Crippen LogP contribution is -2.07. The first-order valence-corrected chi connectivity index (χ1v) is 4.68. The summed E-state index contributed by atoms with van der Waals surface area (Å²) in [5.41, 5.74) is 1.42. The van der Waals surface area contributed by atoms with E-state index in [1.165, 1.54) is 12.0 Å². The minimum absolute atomic E-state index is 0.677. The van der Waals surface area contributed by atoms with Crippen molar-refractivity contribution in [2.24, 2.45) is 11.8 Å². The third kappa shape index (κ3) is 2.69. The van der Waals surface area contributed by atoms with Crippen molar-refractivity contribution in [2.75, 3.05) is 0 Å². The third-order valence-electron chi connectivity index (χ3n) is 2.29. The van der Waals surface area contributed by atoms with Gasteiger partial charge in [0.1, 0.15) is 0 Å². The first-order valence-electron chi connectivity index (χ1n) is 4.68. The van der Waals surface area contributed by atoms with Crippen LogP contribution in [0.5, 0.6) is 0 Å². The van der Waals surface area contributed by atoms with Gasteiger partial charge in [0.15, 0.2) is 0 Å². The van der Waals surface area contributed by atoms with E-state index in [1.54, 1.807) is 0 Å². The Morgan fingerprint density at radius 1 is 1.42 bits per heavy atom. The second-order valence-corrected chi connectivity index (χ2v) is 3.82. The maximum Gasteiger partial charge on any atom is -0.0135 e. The topological polar surface area (TPSA) is 0 Å². The normalized spacial score (nSPS) is 23.8. The second kappa shape index (κ2) is 4.30. The fraction of sp³-hybridized carbons (Fsp3) is 0.500.